The van der Waals surface area contributed by atoms with Crippen molar-refractivity contribution < 1.29 is 4.74 Å². The molecular formula is C12H17NOS. The maximum Gasteiger partial charge on any atom is 0.118 e. The van der Waals surface area contributed by atoms with Crippen LogP contribution < -0.4 is 10.1 Å². The minimum absolute atomic E-state index is 0.798. The lowest BCUT2D eigenvalue weighted by Gasteiger charge is -2.08. The highest BCUT2D eigenvalue weighted by Gasteiger charge is 2.14. The van der Waals surface area contributed by atoms with Gasteiger partial charge in [0.15, 0.2) is 0 Å². The van der Waals surface area contributed by atoms with Crippen molar-refractivity contribution in [3.05, 3.63) is 29.8 Å². The summed E-state index contributed by atoms with van der Waals surface area (Å²) in [5.41, 5.74) is 1.38. The molecule has 1 aliphatic rings. The second kappa shape index (κ2) is 5.42. The molecule has 0 bridgehead atoms. The molecule has 0 radical (unpaired) electrons. The van der Waals surface area contributed by atoms with Crippen LogP contribution in [0.1, 0.15) is 12.0 Å². The van der Waals surface area contributed by atoms with E-state index >= 15 is 0 Å². The van der Waals surface area contributed by atoms with Gasteiger partial charge in [0.05, 0.1) is 7.11 Å². The third-order valence-corrected chi connectivity index (χ3v) is 4.03. The lowest BCUT2D eigenvalue weighted by Crippen LogP contribution is -2.10. The molecule has 0 unspecified atom stereocenters. The van der Waals surface area contributed by atoms with Gasteiger partial charge in [0.2, 0.25) is 0 Å². The van der Waals surface area contributed by atoms with Gasteiger partial charge in [0, 0.05) is 17.5 Å². The Balaban J connectivity index is 1.82. The van der Waals surface area contributed by atoms with Gasteiger partial charge in [-0.15, -0.1) is 0 Å². The van der Waals surface area contributed by atoms with E-state index in [1.165, 1.54) is 25.1 Å². The van der Waals surface area contributed by atoms with Crippen LogP contribution in [0.2, 0.25) is 0 Å². The van der Waals surface area contributed by atoms with E-state index in [2.05, 4.69) is 17.4 Å². The van der Waals surface area contributed by atoms with E-state index in [0.717, 1.165) is 16.8 Å². The molecule has 2 rings (SSSR count). The van der Waals surface area contributed by atoms with Gasteiger partial charge in [-0.25, -0.2) is 0 Å². The lowest BCUT2D eigenvalue weighted by molar-refractivity contribution is 0.414. The fourth-order valence-electron chi connectivity index (χ4n) is 1.71. The van der Waals surface area contributed by atoms with Gasteiger partial charge in [-0.2, -0.15) is 11.8 Å². The quantitative estimate of drug-likeness (QED) is 0.846. The molecule has 2 nitrogen and oxygen atoms in total. The van der Waals surface area contributed by atoms with Gasteiger partial charge in [-0.1, -0.05) is 12.1 Å². The van der Waals surface area contributed by atoms with Crippen molar-refractivity contribution in [3.8, 4) is 5.75 Å². The van der Waals surface area contributed by atoms with E-state index in [1.807, 2.05) is 23.9 Å². The number of hydrogen-bond donors (Lipinski definition) is 1. The molecule has 1 saturated heterocycles. The Morgan fingerprint density at radius 1 is 1.40 bits per heavy atom. The first-order valence-corrected chi connectivity index (χ1v) is 6.38. The standard InChI is InChI=1S/C12H17NOS/c1-14-11-4-2-10(3-5-11)9-15-12-6-7-13-8-12/h2-5,12-13H,6-9H2,1H3/t12-/m0/s1. The fraction of sp³-hybridized carbons (Fsp3) is 0.500. The van der Waals surface area contributed by atoms with Crippen LogP contribution in [0.15, 0.2) is 24.3 Å². The monoisotopic (exact) mass is 223 g/mol. The van der Waals surface area contributed by atoms with E-state index in [1.54, 1.807) is 7.11 Å². The fourth-order valence-corrected chi connectivity index (χ4v) is 2.85. The smallest absolute Gasteiger partial charge is 0.118 e. The van der Waals surface area contributed by atoms with Crippen LogP contribution in [0.3, 0.4) is 0 Å². The van der Waals surface area contributed by atoms with Crippen LogP contribution in [0.25, 0.3) is 0 Å². The molecule has 1 N–H and O–H groups in total. The first kappa shape index (κ1) is 10.8. The predicted octanol–water partition coefficient (Wildman–Crippen LogP) is 2.29. The van der Waals surface area contributed by atoms with Gasteiger partial charge in [-0.05, 0) is 30.7 Å². The molecule has 0 amide bonds. The van der Waals surface area contributed by atoms with Crippen molar-refractivity contribution in [2.75, 3.05) is 20.2 Å². The van der Waals surface area contributed by atoms with Crippen LogP contribution >= 0.6 is 11.8 Å². The Kier molecular flexibility index (Phi) is 3.92. The van der Waals surface area contributed by atoms with Gasteiger partial charge >= 0.3 is 0 Å². The Hall–Kier alpha value is -0.670. The summed E-state index contributed by atoms with van der Waals surface area (Å²) in [6.07, 6.45) is 1.31. The van der Waals surface area contributed by atoms with E-state index in [4.69, 9.17) is 4.74 Å². The molecule has 15 heavy (non-hydrogen) atoms. The molecule has 3 heteroatoms. The summed E-state index contributed by atoms with van der Waals surface area (Å²) >= 11 is 2.05. The van der Waals surface area contributed by atoms with Crippen molar-refractivity contribution in [1.29, 1.82) is 0 Å². The van der Waals surface area contributed by atoms with Crippen molar-refractivity contribution in [2.45, 2.75) is 17.4 Å². The SMILES string of the molecule is COc1ccc(CS[C@H]2CCNC2)cc1. The van der Waals surface area contributed by atoms with E-state index < -0.39 is 0 Å². The van der Waals surface area contributed by atoms with Crippen LogP contribution in [-0.4, -0.2) is 25.4 Å². The van der Waals surface area contributed by atoms with Crippen LogP contribution in [0, 0.1) is 0 Å². The number of hydrogen-bond acceptors (Lipinski definition) is 3. The summed E-state index contributed by atoms with van der Waals surface area (Å²) in [7, 11) is 1.70. The number of nitrogens with one attached hydrogen (secondary N) is 1. The van der Waals surface area contributed by atoms with Crippen molar-refractivity contribution >= 4 is 11.8 Å². The highest BCUT2D eigenvalue weighted by molar-refractivity contribution is 7.99. The highest BCUT2D eigenvalue weighted by Crippen LogP contribution is 2.23. The molecule has 1 aliphatic heterocycles. The Labute approximate surface area is 95.4 Å². The molecule has 0 aromatic heterocycles. The number of rotatable bonds is 4. The molecule has 1 heterocycles. The summed E-state index contributed by atoms with van der Waals surface area (Å²) in [6, 6.07) is 8.36. The maximum atomic E-state index is 5.13. The zero-order valence-electron chi connectivity index (χ0n) is 9.03. The Morgan fingerprint density at radius 3 is 2.80 bits per heavy atom. The molecule has 1 fully saturated rings. The van der Waals surface area contributed by atoms with Crippen LogP contribution in [0.4, 0.5) is 0 Å². The maximum absolute atomic E-state index is 5.13. The second-order valence-corrected chi connectivity index (χ2v) is 5.06. The zero-order valence-corrected chi connectivity index (χ0v) is 9.85. The van der Waals surface area contributed by atoms with Crippen molar-refractivity contribution in [1.82, 2.24) is 5.32 Å². The first-order chi connectivity index (χ1) is 7.38. The van der Waals surface area contributed by atoms with Crippen LogP contribution in [0.5, 0.6) is 5.75 Å². The van der Waals surface area contributed by atoms with E-state index in [9.17, 15) is 0 Å². The number of methoxy groups -OCH3 is 1. The van der Waals surface area contributed by atoms with Crippen molar-refractivity contribution in [2.24, 2.45) is 0 Å². The molecule has 1 atom stereocenters. The summed E-state index contributed by atoms with van der Waals surface area (Å²) in [5, 5.41) is 4.18. The molecular weight excluding hydrogens is 206 g/mol. The largest absolute Gasteiger partial charge is 0.497 e. The van der Waals surface area contributed by atoms with E-state index in [0.29, 0.717) is 0 Å². The van der Waals surface area contributed by atoms with Crippen molar-refractivity contribution in [3.63, 3.8) is 0 Å². The van der Waals surface area contributed by atoms with Gasteiger partial charge < -0.3 is 10.1 Å². The zero-order chi connectivity index (χ0) is 10.5. The predicted molar refractivity (Wildman–Crippen MR) is 65.6 cm³/mol. The minimum Gasteiger partial charge on any atom is -0.497 e. The molecule has 1 aromatic carbocycles. The van der Waals surface area contributed by atoms with Gasteiger partial charge in [0.25, 0.3) is 0 Å². The topological polar surface area (TPSA) is 21.3 Å². The molecule has 1 aromatic rings. The lowest BCUT2D eigenvalue weighted by atomic mass is 10.2. The normalized spacial score (nSPS) is 20.5. The third kappa shape index (κ3) is 3.14. The van der Waals surface area contributed by atoms with Gasteiger partial charge in [-0.3, -0.25) is 0 Å². The highest BCUT2D eigenvalue weighted by atomic mass is 32.2. The number of thioether (sulfide) groups is 1. The summed E-state index contributed by atoms with van der Waals surface area (Å²) < 4.78 is 5.13. The molecule has 0 aliphatic carbocycles. The Bertz CT molecular complexity index is 293. The third-order valence-electron chi connectivity index (χ3n) is 2.66. The molecule has 0 spiro atoms. The average Bonchev–Trinajstić information content (AvgIpc) is 2.80. The summed E-state index contributed by atoms with van der Waals surface area (Å²) in [6.45, 7) is 2.35. The first-order valence-electron chi connectivity index (χ1n) is 5.34. The van der Waals surface area contributed by atoms with E-state index in [-0.39, 0.29) is 0 Å². The van der Waals surface area contributed by atoms with Crippen LogP contribution in [-0.2, 0) is 5.75 Å². The minimum atomic E-state index is 0.798. The summed E-state index contributed by atoms with van der Waals surface area (Å²) in [4.78, 5) is 0. The number of ether oxygens (including phenoxy) is 1. The summed E-state index contributed by atoms with van der Waals surface area (Å²) in [5.74, 6) is 2.04. The number of benzene rings is 1. The molecule has 82 valence electrons. The average molecular weight is 223 g/mol. The van der Waals surface area contributed by atoms with Gasteiger partial charge in [0.1, 0.15) is 5.75 Å². The molecule has 0 saturated carbocycles. The Morgan fingerprint density at radius 2 is 2.20 bits per heavy atom. The second-order valence-electron chi connectivity index (χ2n) is 3.77.